The predicted molar refractivity (Wildman–Crippen MR) is 50.0 cm³/mol. The van der Waals surface area contributed by atoms with Crippen LogP contribution in [0.25, 0.3) is 0 Å². The number of aromatic nitrogens is 2. The average Bonchev–Trinajstić information content (AvgIpc) is 2.55. The van der Waals surface area contributed by atoms with Gasteiger partial charge in [0.2, 0.25) is 5.13 Å². The van der Waals surface area contributed by atoms with E-state index in [9.17, 15) is 4.79 Å². The zero-order valence-electron chi connectivity index (χ0n) is 7.47. The molecule has 0 saturated heterocycles. The third-order valence-corrected chi connectivity index (χ3v) is 2.45. The van der Waals surface area contributed by atoms with Gasteiger partial charge in [0.05, 0.1) is 5.92 Å². The molecular weight excluding hydrogens is 190 g/mol. The summed E-state index contributed by atoms with van der Waals surface area (Å²) in [6, 6.07) is 0. The monoisotopic (exact) mass is 201 g/mol. The van der Waals surface area contributed by atoms with Gasteiger partial charge in [-0.3, -0.25) is 4.79 Å². The van der Waals surface area contributed by atoms with Gasteiger partial charge in [0.1, 0.15) is 5.51 Å². The van der Waals surface area contributed by atoms with E-state index in [1.807, 2.05) is 0 Å². The summed E-state index contributed by atoms with van der Waals surface area (Å²) in [4.78, 5) is 12.3. The van der Waals surface area contributed by atoms with Gasteiger partial charge >= 0.3 is 5.97 Å². The van der Waals surface area contributed by atoms with Crippen LogP contribution in [0.5, 0.6) is 0 Å². The molecule has 0 aromatic carbocycles. The van der Waals surface area contributed by atoms with Crippen LogP contribution >= 0.6 is 11.3 Å². The maximum absolute atomic E-state index is 10.5. The zero-order chi connectivity index (χ0) is 9.84. The maximum Gasteiger partial charge on any atom is 0.308 e. The van der Waals surface area contributed by atoms with Crippen molar-refractivity contribution >= 4 is 22.4 Å². The lowest BCUT2D eigenvalue weighted by Gasteiger charge is -2.17. The van der Waals surface area contributed by atoms with Crippen molar-refractivity contribution in [2.24, 2.45) is 5.92 Å². The Morgan fingerprint density at radius 1 is 1.85 bits per heavy atom. The number of hydrogen-bond acceptors (Lipinski definition) is 5. The van der Waals surface area contributed by atoms with Crippen LogP contribution in [0.1, 0.15) is 6.92 Å². The fourth-order valence-corrected chi connectivity index (χ4v) is 1.44. The summed E-state index contributed by atoms with van der Waals surface area (Å²) in [6.45, 7) is 2.12. The molecule has 72 valence electrons. The van der Waals surface area contributed by atoms with Crippen LogP contribution in [0, 0.1) is 5.92 Å². The topological polar surface area (TPSA) is 66.3 Å². The Morgan fingerprint density at radius 3 is 3.00 bits per heavy atom. The summed E-state index contributed by atoms with van der Waals surface area (Å²) < 4.78 is 0. The first-order chi connectivity index (χ1) is 6.11. The second-order valence-corrected chi connectivity index (χ2v) is 3.65. The lowest BCUT2D eigenvalue weighted by Crippen LogP contribution is -2.28. The molecule has 0 aliphatic rings. The van der Waals surface area contributed by atoms with Crippen LogP contribution in [-0.2, 0) is 4.79 Å². The van der Waals surface area contributed by atoms with Gasteiger partial charge in [-0.15, -0.1) is 10.2 Å². The quantitative estimate of drug-likeness (QED) is 0.776. The van der Waals surface area contributed by atoms with Crippen LogP contribution in [0.2, 0.25) is 0 Å². The SMILES string of the molecule is CC(CN(C)c1nncs1)C(=O)O. The van der Waals surface area contributed by atoms with E-state index in [2.05, 4.69) is 10.2 Å². The summed E-state index contributed by atoms with van der Waals surface area (Å²) in [5.74, 6) is -1.19. The Hall–Kier alpha value is -1.17. The summed E-state index contributed by atoms with van der Waals surface area (Å²) >= 11 is 1.40. The molecule has 1 heterocycles. The molecule has 6 heteroatoms. The summed E-state index contributed by atoms with van der Waals surface area (Å²) in [5, 5.41) is 16.9. The van der Waals surface area contributed by atoms with Gasteiger partial charge < -0.3 is 10.0 Å². The number of rotatable bonds is 4. The number of carboxylic acids is 1. The van der Waals surface area contributed by atoms with E-state index in [4.69, 9.17) is 5.11 Å². The van der Waals surface area contributed by atoms with Crippen LogP contribution < -0.4 is 4.90 Å². The normalized spacial score (nSPS) is 12.5. The minimum absolute atomic E-state index is 0.395. The fraction of sp³-hybridized carbons (Fsp3) is 0.571. The van der Waals surface area contributed by atoms with Crippen molar-refractivity contribution in [3.8, 4) is 0 Å². The van der Waals surface area contributed by atoms with Gasteiger partial charge in [-0.2, -0.15) is 0 Å². The molecule has 1 rings (SSSR count). The smallest absolute Gasteiger partial charge is 0.308 e. The highest BCUT2D eigenvalue weighted by molar-refractivity contribution is 7.13. The van der Waals surface area contributed by atoms with E-state index in [0.717, 1.165) is 5.13 Å². The fourth-order valence-electron chi connectivity index (χ4n) is 0.901. The predicted octanol–water partition coefficient (Wildman–Crippen LogP) is 0.695. The Balaban J connectivity index is 2.51. The standard InChI is InChI=1S/C7H11N3O2S/c1-5(6(11)12)3-10(2)7-9-8-4-13-7/h4-5H,3H2,1-2H3,(H,11,12). The van der Waals surface area contributed by atoms with E-state index in [0.29, 0.717) is 6.54 Å². The molecule has 0 fully saturated rings. The molecule has 1 unspecified atom stereocenters. The molecule has 5 nitrogen and oxygen atoms in total. The molecule has 13 heavy (non-hydrogen) atoms. The number of nitrogens with zero attached hydrogens (tertiary/aromatic N) is 3. The Morgan fingerprint density at radius 2 is 2.54 bits per heavy atom. The summed E-state index contributed by atoms with van der Waals surface area (Å²) in [5.41, 5.74) is 1.62. The average molecular weight is 201 g/mol. The molecule has 0 saturated carbocycles. The molecule has 1 atom stereocenters. The van der Waals surface area contributed by atoms with Gasteiger partial charge in [-0.05, 0) is 0 Å². The third kappa shape index (κ3) is 2.66. The van der Waals surface area contributed by atoms with Crippen molar-refractivity contribution in [1.29, 1.82) is 0 Å². The molecule has 0 amide bonds. The Kier molecular flexibility index (Phi) is 3.18. The highest BCUT2D eigenvalue weighted by Crippen LogP contribution is 2.14. The second-order valence-electron chi connectivity index (χ2n) is 2.84. The van der Waals surface area contributed by atoms with Gasteiger partial charge in [-0.1, -0.05) is 18.3 Å². The Labute approximate surface area is 80.0 Å². The first-order valence-corrected chi connectivity index (χ1v) is 4.69. The first kappa shape index (κ1) is 9.91. The van der Waals surface area contributed by atoms with Crippen molar-refractivity contribution < 1.29 is 9.90 Å². The second kappa shape index (κ2) is 4.18. The van der Waals surface area contributed by atoms with Crippen molar-refractivity contribution in [1.82, 2.24) is 10.2 Å². The number of aliphatic carboxylic acids is 1. The summed E-state index contributed by atoms with van der Waals surface area (Å²) in [6.07, 6.45) is 0. The molecule has 0 aliphatic carbocycles. The number of carbonyl (C=O) groups is 1. The van der Waals surface area contributed by atoms with Crippen molar-refractivity contribution in [2.75, 3.05) is 18.5 Å². The molecular formula is C7H11N3O2S. The molecule has 0 bridgehead atoms. The van der Waals surface area contributed by atoms with Gasteiger partial charge in [0.15, 0.2) is 0 Å². The lowest BCUT2D eigenvalue weighted by atomic mass is 10.2. The van der Waals surface area contributed by atoms with E-state index in [1.165, 1.54) is 11.3 Å². The lowest BCUT2D eigenvalue weighted by molar-refractivity contribution is -0.140. The molecule has 0 aliphatic heterocycles. The zero-order valence-corrected chi connectivity index (χ0v) is 8.28. The molecule has 1 N–H and O–H groups in total. The van der Waals surface area contributed by atoms with Crippen LogP contribution in [0.4, 0.5) is 5.13 Å². The maximum atomic E-state index is 10.5. The van der Waals surface area contributed by atoms with Crippen molar-refractivity contribution in [3.05, 3.63) is 5.51 Å². The van der Waals surface area contributed by atoms with Gasteiger partial charge in [-0.25, -0.2) is 0 Å². The number of anilines is 1. The molecule has 0 radical (unpaired) electrons. The van der Waals surface area contributed by atoms with Gasteiger partial charge in [0.25, 0.3) is 0 Å². The third-order valence-electron chi connectivity index (χ3n) is 1.64. The Bertz CT molecular complexity index is 275. The number of hydrogen-bond donors (Lipinski definition) is 1. The van der Waals surface area contributed by atoms with Crippen molar-refractivity contribution in [2.45, 2.75) is 6.92 Å². The minimum atomic E-state index is -0.795. The van der Waals surface area contributed by atoms with Crippen molar-refractivity contribution in [3.63, 3.8) is 0 Å². The highest BCUT2D eigenvalue weighted by atomic mass is 32.1. The minimum Gasteiger partial charge on any atom is -0.481 e. The van der Waals surface area contributed by atoms with Crippen LogP contribution in [0.15, 0.2) is 5.51 Å². The first-order valence-electron chi connectivity index (χ1n) is 3.81. The molecule has 1 aromatic heterocycles. The highest BCUT2D eigenvalue weighted by Gasteiger charge is 2.15. The molecule has 0 spiro atoms. The van der Waals surface area contributed by atoms with Crippen LogP contribution in [0.3, 0.4) is 0 Å². The molecule has 1 aromatic rings. The summed E-state index contributed by atoms with van der Waals surface area (Å²) in [7, 11) is 1.81. The van der Waals surface area contributed by atoms with E-state index >= 15 is 0 Å². The van der Waals surface area contributed by atoms with E-state index in [1.54, 1.807) is 24.4 Å². The van der Waals surface area contributed by atoms with Crippen LogP contribution in [-0.4, -0.2) is 34.9 Å². The van der Waals surface area contributed by atoms with E-state index in [-0.39, 0.29) is 0 Å². The van der Waals surface area contributed by atoms with E-state index < -0.39 is 11.9 Å². The largest absolute Gasteiger partial charge is 0.481 e. The number of carboxylic acid groups (broad SMARTS) is 1. The van der Waals surface area contributed by atoms with Gasteiger partial charge in [0, 0.05) is 13.6 Å².